The molecule has 0 unspecified atom stereocenters. The molecule has 0 atom stereocenters. The maximum absolute atomic E-state index is 9.13. The fourth-order valence-corrected chi connectivity index (χ4v) is 2.04. The molecular formula is C17H20O3. The summed E-state index contributed by atoms with van der Waals surface area (Å²) in [5, 5.41) is 9.13. The standard InChI is InChI=1S/C17H20O3/c1-12-4-5-13(2)15(8-12)11-20-16-7-6-14(10-18)9-17(16)19-3/h4-9,18H,10-11H2,1-3H3. The van der Waals surface area contributed by atoms with E-state index in [0.29, 0.717) is 18.1 Å². The summed E-state index contributed by atoms with van der Waals surface area (Å²) in [6, 6.07) is 11.8. The first-order valence-electron chi connectivity index (χ1n) is 6.60. The summed E-state index contributed by atoms with van der Waals surface area (Å²) in [5.74, 6) is 1.33. The van der Waals surface area contributed by atoms with Gasteiger partial charge >= 0.3 is 0 Å². The van der Waals surface area contributed by atoms with Crippen LogP contribution in [0.5, 0.6) is 11.5 Å². The van der Waals surface area contributed by atoms with E-state index in [0.717, 1.165) is 5.56 Å². The van der Waals surface area contributed by atoms with E-state index in [1.807, 2.05) is 12.1 Å². The number of aliphatic hydroxyl groups is 1. The quantitative estimate of drug-likeness (QED) is 0.906. The largest absolute Gasteiger partial charge is 0.493 e. The zero-order chi connectivity index (χ0) is 14.5. The van der Waals surface area contributed by atoms with E-state index in [1.165, 1.54) is 16.7 Å². The van der Waals surface area contributed by atoms with Gasteiger partial charge in [-0.05, 0) is 42.7 Å². The summed E-state index contributed by atoms with van der Waals surface area (Å²) in [7, 11) is 1.60. The molecule has 20 heavy (non-hydrogen) atoms. The molecule has 0 saturated carbocycles. The predicted molar refractivity (Wildman–Crippen MR) is 79.2 cm³/mol. The van der Waals surface area contributed by atoms with Crippen molar-refractivity contribution < 1.29 is 14.6 Å². The molecule has 0 saturated heterocycles. The lowest BCUT2D eigenvalue weighted by atomic mass is 10.1. The van der Waals surface area contributed by atoms with Crippen molar-refractivity contribution in [2.24, 2.45) is 0 Å². The number of methoxy groups -OCH3 is 1. The Labute approximate surface area is 119 Å². The number of aliphatic hydroxyl groups excluding tert-OH is 1. The Morgan fingerprint density at radius 1 is 1.00 bits per heavy atom. The van der Waals surface area contributed by atoms with Gasteiger partial charge in [-0.15, -0.1) is 0 Å². The van der Waals surface area contributed by atoms with Crippen LogP contribution in [0.2, 0.25) is 0 Å². The monoisotopic (exact) mass is 272 g/mol. The normalized spacial score (nSPS) is 10.4. The minimum Gasteiger partial charge on any atom is -0.493 e. The molecular weight excluding hydrogens is 252 g/mol. The molecule has 0 radical (unpaired) electrons. The fraction of sp³-hybridized carbons (Fsp3) is 0.294. The van der Waals surface area contributed by atoms with Crippen LogP contribution in [-0.2, 0) is 13.2 Å². The lowest BCUT2D eigenvalue weighted by molar-refractivity contribution is 0.274. The third-order valence-electron chi connectivity index (χ3n) is 3.30. The summed E-state index contributed by atoms with van der Waals surface area (Å²) in [6.07, 6.45) is 0. The van der Waals surface area contributed by atoms with Gasteiger partial charge in [-0.25, -0.2) is 0 Å². The zero-order valence-electron chi connectivity index (χ0n) is 12.1. The van der Waals surface area contributed by atoms with Crippen LogP contribution in [0.4, 0.5) is 0 Å². The van der Waals surface area contributed by atoms with Crippen LogP contribution in [0, 0.1) is 13.8 Å². The van der Waals surface area contributed by atoms with Crippen molar-refractivity contribution in [1.82, 2.24) is 0 Å². The van der Waals surface area contributed by atoms with Crippen molar-refractivity contribution in [1.29, 1.82) is 0 Å². The van der Waals surface area contributed by atoms with Crippen molar-refractivity contribution in [3.63, 3.8) is 0 Å². The molecule has 0 spiro atoms. The zero-order valence-corrected chi connectivity index (χ0v) is 12.1. The third kappa shape index (κ3) is 3.31. The Balaban J connectivity index is 2.16. The van der Waals surface area contributed by atoms with E-state index in [4.69, 9.17) is 14.6 Å². The van der Waals surface area contributed by atoms with Crippen LogP contribution < -0.4 is 9.47 Å². The molecule has 0 heterocycles. The van der Waals surface area contributed by atoms with E-state index in [9.17, 15) is 0 Å². The molecule has 2 aromatic rings. The summed E-state index contributed by atoms with van der Waals surface area (Å²) in [5.41, 5.74) is 4.40. The molecule has 3 nitrogen and oxygen atoms in total. The smallest absolute Gasteiger partial charge is 0.161 e. The Morgan fingerprint density at radius 3 is 2.50 bits per heavy atom. The van der Waals surface area contributed by atoms with Crippen LogP contribution in [-0.4, -0.2) is 12.2 Å². The fourth-order valence-electron chi connectivity index (χ4n) is 2.04. The Bertz CT molecular complexity index is 591. The van der Waals surface area contributed by atoms with Crippen molar-refractivity contribution in [3.8, 4) is 11.5 Å². The van der Waals surface area contributed by atoms with Gasteiger partial charge in [-0.1, -0.05) is 29.8 Å². The SMILES string of the molecule is COc1cc(CO)ccc1OCc1cc(C)ccc1C. The highest BCUT2D eigenvalue weighted by Crippen LogP contribution is 2.29. The Morgan fingerprint density at radius 2 is 1.80 bits per heavy atom. The minimum atomic E-state index is -0.00632. The lowest BCUT2D eigenvalue weighted by Crippen LogP contribution is -2.00. The van der Waals surface area contributed by atoms with Crippen LogP contribution >= 0.6 is 0 Å². The van der Waals surface area contributed by atoms with Gasteiger partial charge in [-0.3, -0.25) is 0 Å². The molecule has 0 amide bonds. The summed E-state index contributed by atoms with van der Waals surface area (Å²) < 4.78 is 11.1. The van der Waals surface area contributed by atoms with E-state index < -0.39 is 0 Å². The summed E-state index contributed by atoms with van der Waals surface area (Å²) in [6.45, 7) is 4.64. The minimum absolute atomic E-state index is 0.00632. The molecule has 3 heteroatoms. The van der Waals surface area contributed by atoms with Crippen molar-refractivity contribution in [3.05, 3.63) is 58.7 Å². The maximum atomic E-state index is 9.13. The number of aryl methyl sites for hydroxylation is 2. The average molecular weight is 272 g/mol. The number of hydrogen-bond donors (Lipinski definition) is 1. The molecule has 1 N–H and O–H groups in total. The van der Waals surface area contributed by atoms with Gasteiger partial charge in [0, 0.05) is 0 Å². The third-order valence-corrected chi connectivity index (χ3v) is 3.30. The van der Waals surface area contributed by atoms with Gasteiger partial charge in [0.2, 0.25) is 0 Å². The first-order chi connectivity index (χ1) is 9.63. The first-order valence-corrected chi connectivity index (χ1v) is 6.60. The van der Waals surface area contributed by atoms with Crippen molar-refractivity contribution in [2.45, 2.75) is 27.1 Å². The molecule has 0 fully saturated rings. The Kier molecular flexibility index (Phi) is 4.64. The van der Waals surface area contributed by atoms with Crippen LogP contribution in [0.25, 0.3) is 0 Å². The van der Waals surface area contributed by atoms with Crippen LogP contribution in [0.1, 0.15) is 22.3 Å². The molecule has 0 aliphatic carbocycles. The molecule has 2 rings (SSSR count). The van der Waals surface area contributed by atoms with E-state index in [1.54, 1.807) is 13.2 Å². The van der Waals surface area contributed by atoms with Gasteiger partial charge in [0.25, 0.3) is 0 Å². The van der Waals surface area contributed by atoms with Crippen LogP contribution in [0.3, 0.4) is 0 Å². The summed E-state index contributed by atoms with van der Waals surface area (Å²) in [4.78, 5) is 0. The topological polar surface area (TPSA) is 38.7 Å². The van der Waals surface area contributed by atoms with E-state index in [-0.39, 0.29) is 6.61 Å². The van der Waals surface area contributed by atoms with Gasteiger partial charge < -0.3 is 14.6 Å². The average Bonchev–Trinajstić information content (AvgIpc) is 2.48. The first kappa shape index (κ1) is 14.4. The molecule has 106 valence electrons. The second kappa shape index (κ2) is 6.44. The van der Waals surface area contributed by atoms with Crippen LogP contribution in [0.15, 0.2) is 36.4 Å². The second-order valence-electron chi connectivity index (χ2n) is 4.86. The van der Waals surface area contributed by atoms with E-state index >= 15 is 0 Å². The molecule has 0 aliphatic rings. The summed E-state index contributed by atoms with van der Waals surface area (Å²) >= 11 is 0. The van der Waals surface area contributed by atoms with Gasteiger partial charge in [0.05, 0.1) is 13.7 Å². The molecule has 2 aromatic carbocycles. The van der Waals surface area contributed by atoms with Gasteiger partial charge in [-0.2, -0.15) is 0 Å². The number of benzene rings is 2. The highest BCUT2D eigenvalue weighted by molar-refractivity contribution is 5.43. The molecule has 0 aliphatic heterocycles. The van der Waals surface area contributed by atoms with Gasteiger partial charge in [0.1, 0.15) is 6.61 Å². The second-order valence-corrected chi connectivity index (χ2v) is 4.86. The number of hydrogen-bond acceptors (Lipinski definition) is 3. The highest BCUT2D eigenvalue weighted by atomic mass is 16.5. The molecule has 0 aromatic heterocycles. The predicted octanol–water partition coefficient (Wildman–Crippen LogP) is 3.38. The van der Waals surface area contributed by atoms with Gasteiger partial charge in [0.15, 0.2) is 11.5 Å². The lowest BCUT2D eigenvalue weighted by Gasteiger charge is -2.13. The van der Waals surface area contributed by atoms with Crippen molar-refractivity contribution in [2.75, 3.05) is 7.11 Å². The van der Waals surface area contributed by atoms with E-state index in [2.05, 4.69) is 32.0 Å². The number of rotatable bonds is 5. The van der Waals surface area contributed by atoms with Crippen molar-refractivity contribution >= 4 is 0 Å². The molecule has 0 bridgehead atoms. The maximum Gasteiger partial charge on any atom is 0.161 e. The highest BCUT2D eigenvalue weighted by Gasteiger charge is 2.07. The Hall–Kier alpha value is -2.00. The number of ether oxygens (including phenoxy) is 2.